The third-order valence-corrected chi connectivity index (χ3v) is 3.00. The Kier molecular flexibility index (Phi) is 3.08. The molecule has 2 N–H and O–H groups in total. The predicted molar refractivity (Wildman–Crippen MR) is 73.3 cm³/mol. The second kappa shape index (κ2) is 4.90. The number of aromatic amines is 1. The molecule has 0 saturated heterocycles. The number of nitrogens with one attached hydrogen (secondary N) is 2. The molecule has 0 radical (unpaired) electrons. The normalized spacial score (nSPS) is 10.7. The Hall–Kier alpha value is -2.47. The van der Waals surface area contributed by atoms with Crippen LogP contribution in [0.5, 0.6) is 0 Å². The number of amides is 1. The molecule has 0 aliphatic heterocycles. The third kappa shape index (κ3) is 2.33. The van der Waals surface area contributed by atoms with E-state index in [0.717, 1.165) is 0 Å². The molecular formula is C13H8ClFN4O. The Bertz CT molecular complexity index is 802. The van der Waals surface area contributed by atoms with Crippen molar-refractivity contribution in [2.45, 2.75) is 0 Å². The first-order valence-corrected chi connectivity index (χ1v) is 6.07. The topological polar surface area (TPSA) is 70.7 Å². The highest BCUT2D eigenvalue weighted by Crippen LogP contribution is 2.20. The molecule has 100 valence electrons. The lowest BCUT2D eigenvalue weighted by Gasteiger charge is -2.05. The van der Waals surface area contributed by atoms with Crippen LogP contribution >= 0.6 is 11.6 Å². The van der Waals surface area contributed by atoms with E-state index in [2.05, 4.69) is 20.3 Å². The third-order valence-electron chi connectivity index (χ3n) is 2.71. The quantitative estimate of drug-likeness (QED) is 0.762. The smallest absolute Gasteiger partial charge is 0.257 e. The summed E-state index contributed by atoms with van der Waals surface area (Å²) in [7, 11) is 0. The van der Waals surface area contributed by atoms with Crippen LogP contribution in [0.3, 0.4) is 0 Å². The molecule has 2 aromatic heterocycles. The number of nitrogens with zero attached hydrogens (tertiary/aromatic N) is 2. The largest absolute Gasteiger partial charge is 0.343 e. The Morgan fingerprint density at radius 1 is 1.30 bits per heavy atom. The molecule has 0 aliphatic carbocycles. The second-order valence-corrected chi connectivity index (χ2v) is 4.49. The zero-order valence-electron chi connectivity index (χ0n) is 10.0. The van der Waals surface area contributed by atoms with Crippen LogP contribution in [0.1, 0.15) is 10.4 Å². The molecule has 7 heteroatoms. The highest BCUT2D eigenvalue weighted by atomic mass is 35.5. The van der Waals surface area contributed by atoms with Crippen LogP contribution in [0.4, 0.5) is 10.1 Å². The average Bonchev–Trinajstić information content (AvgIpc) is 2.90. The van der Waals surface area contributed by atoms with Gasteiger partial charge in [-0.1, -0.05) is 11.6 Å². The molecule has 0 fully saturated rings. The Morgan fingerprint density at radius 2 is 2.15 bits per heavy atom. The van der Waals surface area contributed by atoms with Crippen molar-refractivity contribution >= 4 is 34.4 Å². The number of carbonyl (C=O) groups is 1. The summed E-state index contributed by atoms with van der Waals surface area (Å²) in [5.74, 6) is -0.901. The number of H-pyrrole nitrogens is 1. The molecule has 5 nitrogen and oxygen atoms in total. The monoisotopic (exact) mass is 290 g/mol. The highest BCUT2D eigenvalue weighted by Gasteiger charge is 2.10. The van der Waals surface area contributed by atoms with E-state index in [1.54, 1.807) is 6.07 Å². The van der Waals surface area contributed by atoms with E-state index in [4.69, 9.17) is 11.6 Å². The number of halogens is 2. The van der Waals surface area contributed by atoms with Gasteiger partial charge in [-0.15, -0.1) is 0 Å². The van der Waals surface area contributed by atoms with Crippen LogP contribution in [0.2, 0.25) is 5.02 Å². The summed E-state index contributed by atoms with van der Waals surface area (Å²) < 4.78 is 13.0. The first-order chi connectivity index (χ1) is 9.63. The number of aromatic nitrogens is 3. The van der Waals surface area contributed by atoms with Gasteiger partial charge in [-0.3, -0.25) is 4.79 Å². The molecule has 3 rings (SSSR count). The van der Waals surface area contributed by atoms with Crippen molar-refractivity contribution in [1.29, 1.82) is 0 Å². The molecule has 0 atom stereocenters. The molecule has 20 heavy (non-hydrogen) atoms. The number of carbonyl (C=O) groups excluding carboxylic acids is 1. The number of hydrogen-bond acceptors (Lipinski definition) is 3. The van der Waals surface area contributed by atoms with E-state index in [1.165, 1.54) is 30.7 Å². The van der Waals surface area contributed by atoms with Crippen molar-refractivity contribution < 1.29 is 9.18 Å². The highest BCUT2D eigenvalue weighted by molar-refractivity contribution is 6.31. The van der Waals surface area contributed by atoms with Crippen molar-refractivity contribution in [2.75, 3.05) is 5.32 Å². The van der Waals surface area contributed by atoms with E-state index in [1.807, 2.05) is 0 Å². The summed E-state index contributed by atoms with van der Waals surface area (Å²) in [6.07, 6.45) is 2.92. The van der Waals surface area contributed by atoms with Gasteiger partial charge in [-0.25, -0.2) is 14.4 Å². The van der Waals surface area contributed by atoms with Gasteiger partial charge in [0, 0.05) is 11.9 Å². The predicted octanol–water partition coefficient (Wildman–Crippen LogP) is 3.00. The fourth-order valence-corrected chi connectivity index (χ4v) is 1.91. The van der Waals surface area contributed by atoms with Crippen molar-refractivity contribution in [1.82, 2.24) is 15.0 Å². The van der Waals surface area contributed by atoms with Crippen LogP contribution in [0, 0.1) is 5.82 Å². The maximum Gasteiger partial charge on any atom is 0.257 e. The van der Waals surface area contributed by atoms with E-state index in [-0.39, 0.29) is 10.9 Å². The first-order valence-electron chi connectivity index (χ1n) is 5.69. The van der Waals surface area contributed by atoms with Crippen molar-refractivity contribution in [3.8, 4) is 0 Å². The lowest BCUT2D eigenvalue weighted by Crippen LogP contribution is -2.12. The summed E-state index contributed by atoms with van der Waals surface area (Å²) in [5, 5.41) is 2.57. The number of rotatable bonds is 2. The van der Waals surface area contributed by atoms with Gasteiger partial charge in [0.05, 0.1) is 22.4 Å². The van der Waals surface area contributed by atoms with E-state index >= 15 is 0 Å². The lowest BCUT2D eigenvalue weighted by atomic mass is 10.2. The summed E-state index contributed by atoms with van der Waals surface area (Å²) in [6, 6.07) is 5.60. The lowest BCUT2D eigenvalue weighted by molar-refractivity contribution is 0.102. The number of benzene rings is 1. The molecule has 0 spiro atoms. The molecule has 2 heterocycles. The number of imidazole rings is 1. The average molecular weight is 291 g/mol. The minimum Gasteiger partial charge on any atom is -0.343 e. The molecule has 0 aliphatic rings. The summed E-state index contributed by atoms with van der Waals surface area (Å²) >= 11 is 5.65. The van der Waals surface area contributed by atoms with Crippen LogP contribution in [-0.4, -0.2) is 20.9 Å². The van der Waals surface area contributed by atoms with Gasteiger partial charge in [0.1, 0.15) is 5.82 Å². The van der Waals surface area contributed by atoms with Crippen LogP contribution in [0.15, 0.2) is 36.8 Å². The Morgan fingerprint density at radius 3 is 2.95 bits per heavy atom. The number of hydrogen-bond donors (Lipinski definition) is 2. The summed E-state index contributed by atoms with van der Waals surface area (Å²) in [6.45, 7) is 0. The van der Waals surface area contributed by atoms with Gasteiger partial charge in [0.2, 0.25) is 0 Å². The Labute approximate surface area is 117 Å². The fraction of sp³-hybridized carbons (Fsp3) is 0. The number of pyridine rings is 1. The summed E-state index contributed by atoms with van der Waals surface area (Å²) in [4.78, 5) is 22.9. The number of fused-ring (bicyclic) bond motifs is 1. The van der Waals surface area contributed by atoms with E-state index in [0.29, 0.717) is 22.4 Å². The van der Waals surface area contributed by atoms with Crippen molar-refractivity contribution in [2.24, 2.45) is 0 Å². The second-order valence-electron chi connectivity index (χ2n) is 4.08. The van der Waals surface area contributed by atoms with Gasteiger partial charge in [-0.05, 0) is 24.3 Å². The van der Waals surface area contributed by atoms with Gasteiger partial charge in [-0.2, -0.15) is 0 Å². The molecule has 1 amide bonds. The van der Waals surface area contributed by atoms with Gasteiger partial charge >= 0.3 is 0 Å². The minimum atomic E-state index is -0.537. The molecule has 3 aromatic rings. The van der Waals surface area contributed by atoms with Crippen LogP contribution < -0.4 is 5.32 Å². The molecule has 0 saturated carbocycles. The van der Waals surface area contributed by atoms with Gasteiger partial charge < -0.3 is 10.3 Å². The molecule has 0 bridgehead atoms. The fourth-order valence-electron chi connectivity index (χ4n) is 1.73. The van der Waals surface area contributed by atoms with Crippen molar-refractivity contribution in [3.63, 3.8) is 0 Å². The van der Waals surface area contributed by atoms with Crippen molar-refractivity contribution in [3.05, 3.63) is 53.2 Å². The summed E-state index contributed by atoms with van der Waals surface area (Å²) in [5.41, 5.74) is 1.97. The SMILES string of the molecule is O=C(Nc1ccc(F)c(Cl)c1)c1cnc2nc[nH]c2c1. The standard InChI is InChI=1S/C13H8ClFN4O/c14-9-4-8(1-2-10(9)15)19-13(20)7-3-11-12(16-5-7)18-6-17-11/h1-6H,(H,19,20)(H,16,17,18). The van der Waals surface area contributed by atoms with Gasteiger partial charge in [0.25, 0.3) is 5.91 Å². The maximum absolute atomic E-state index is 13.0. The van der Waals surface area contributed by atoms with Gasteiger partial charge in [0.15, 0.2) is 5.65 Å². The van der Waals surface area contributed by atoms with Crippen LogP contribution in [0.25, 0.3) is 11.2 Å². The minimum absolute atomic E-state index is 0.0510. The van der Waals surface area contributed by atoms with E-state index in [9.17, 15) is 9.18 Å². The van der Waals surface area contributed by atoms with Crippen LogP contribution in [-0.2, 0) is 0 Å². The molecule has 0 unspecified atom stereocenters. The Balaban J connectivity index is 1.86. The number of anilines is 1. The zero-order chi connectivity index (χ0) is 14.1. The molecule has 1 aromatic carbocycles. The first kappa shape index (κ1) is 12.6. The zero-order valence-corrected chi connectivity index (χ0v) is 10.8. The van der Waals surface area contributed by atoms with E-state index < -0.39 is 5.82 Å². The maximum atomic E-state index is 13.0. The molecular weight excluding hydrogens is 283 g/mol.